The van der Waals surface area contributed by atoms with Gasteiger partial charge in [0.05, 0.1) is 0 Å². The molecule has 1 unspecified atom stereocenters. The van der Waals surface area contributed by atoms with Crippen molar-refractivity contribution in [3.05, 3.63) is 0 Å². The summed E-state index contributed by atoms with van der Waals surface area (Å²) in [5.41, 5.74) is 4.76. The molecule has 1 rings (SSSR count). The van der Waals surface area contributed by atoms with Gasteiger partial charge in [-0.2, -0.15) is 0 Å². The Morgan fingerprint density at radius 3 is 2.53 bits per heavy atom. The second-order valence-electron chi connectivity index (χ2n) is 5.98. The van der Waals surface area contributed by atoms with Gasteiger partial charge in [0, 0.05) is 31.7 Å². The van der Waals surface area contributed by atoms with Crippen LogP contribution < -0.4 is 5.73 Å². The predicted molar refractivity (Wildman–Crippen MR) is 68.0 cm³/mol. The molecule has 0 aromatic carbocycles. The zero-order valence-corrected chi connectivity index (χ0v) is 11.4. The van der Waals surface area contributed by atoms with Gasteiger partial charge in [0.15, 0.2) is 0 Å². The molecule has 17 heavy (non-hydrogen) atoms. The average Bonchev–Trinajstić information content (AvgIpc) is 2.19. The van der Waals surface area contributed by atoms with E-state index >= 15 is 0 Å². The molecular weight excluding hydrogens is 218 g/mol. The Kier molecular flexibility index (Phi) is 4.17. The van der Waals surface area contributed by atoms with Crippen LogP contribution in [0.25, 0.3) is 0 Å². The first-order valence-electron chi connectivity index (χ1n) is 6.11. The Hall–Kier alpha value is -0.650. The van der Waals surface area contributed by atoms with Crippen LogP contribution in [0.15, 0.2) is 0 Å². The number of nitrogens with two attached hydrogens (primary N) is 1. The lowest BCUT2D eigenvalue weighted by molar-refractivity contribution is -0.143. The van der Waals surface area contributed by atoms with Gasteiger partial charge in [0.2, 0.25) is 0 Å². The Balaban J connectivity index is 2.47. The summed E-state index contributed by atoms with van der Waals surface area (Å²) in [5, 5.41) is 8.96. The van der Waals surface area contributed by atoms with E-state index in [1.54, 1.807) is 6.92 Å². The second-order valence-corrected chi connectivity index (χ2v) is 5.98. The minimum Gasteiger partial charge on any atom is -0.480 e. The topological polar surface area (TPSA) is 69.8 Å². The van der Waals surface area contributed by atoms with Crippen molar-refractivity contribution in [3.8, 4) is 0 Å². The number of rotatable bonds is 4. The number of carbonyl (C=O) groups is 1. The summed E-state index contributed by atoms with van der Waals surface area (Å²) in [6.45, 7) is 9.69. The van der Waals surface area contributed by atoms with Gasteiger partial charge in [-0.25, -0.2) is 0 Å². The number of nitrogens with zero attached hydrogens (tertiary/aromatic N) is 2. The fourth-order valence-electron chi connectivity index (χ4n) is 2.03. The summed E-state index contributed by atoms with van der Waals surface area (Å²) in [7, 11) is 2.13. The maximum absolute atomic E-state index is 10.9. The highest BCUT2D eigenvalue weighted by atomic mass is 16.4. The predicted octanol–water partition coefficient (Wildman–Crippen LogP) is 0.205. The van der Waals surface area contributed by atoms with Crippen molar-refractivity contribution in [1.82, 2.24) is 9.80 Å². The number of likely N-dealkylation sites (N-methyl/N-ethyl adjacent to an activating group) is 1. The van der Waals surface area contributed by atoms with E-state index in [2.05, 4.69) is 30.7 Å². The third-order valence-corrected chi connectivity index (χ3v) is 3.83. The molecule has 0 bridgehead atoms. The highest BCUT2D eigenvalue weighted by molar-refractivity contribution is 5.77. The van der Waals surface area contributed by atoms with Crippen LogP contribution in [0.1, 0.15) is 27.2 Å². The lowest BCUT2D eigenvalue weighted by atomic mass is 9.96. The quantitative estimate of drug-likeness (QED) is 0.738. The smallest absolute Gasteiger partial charge is 0.323 e. The highest BCUT2D eigenvalue weighted by Crippen LogP contribution is 2.19. The third-order valence-electron chi connectivity index (χ3n) is 3.83. The minimum atomic E-state index is -1.12. The van der Waals surface area contributed by atoms with Gasteiger partial charge >= 0.3 is 5.97 Å². The molecule has 1 atom stereocenters. The van der Waals surface area contributed by atoms with Crippen molar-refractivity contribution >= 4 is 5.97 Å². The molecule has 0 saturated carbocycles. The van der Waals surface area contributed by atoms with Crippen LogP contribution in [-0.2, 0) is 4.79 Å². The summed E-state index contributed by atoms with van der Waals surface area (Å²) >= 11 is 0. The summed E-state index contributed by atoms with van der Waals surface area (Å²) in [4.78, 5) is 15.6. The number of piperazine rings is 1. The maximum atomic E-state index is 10.9. The first-order chi connectivity index (χ1) is 7.65. The van der Waals surface area contributed by atoms with Crippen LogP contribution in [0.4, 0.5) is 0 Å². The molecule has 1 heterocycles. The Labute approximate surface area is 104 Å². The SMILES string of the molecule is CN1CCN(CCC(C)(N)C(=O)O)CC1(C)C. The molecule has 1 saturated heterocycles. The van der Waals surface area contributed by atoms with Crippen molar-refractivity contribution < 1.29 is 9.90 Å². The normalized spacial score (nSPS) is 25.5. The van der Waals surface area contributed by atoms with Crippen molar-refractivity contribution in [1.29, 1.82) is 0 Å². The molecule has 5 heteroatoms. The van der Waals surface area contributed by atoms with E-state index in [9.17, 15) is 4.79 Å². The van der Waals surface area contributed by atoms with Gasteiger partial charge in [0.1, 0.15) is 5.54 Å². The van der Waals surface area contributed by atoms with E-state index < -0.39 is 11.5 Å². The highest BCUT2D eigenvalue weighted by Gasteiger charge is 2.33. The largest absolute Gasteiger partial charge is 0.480 e. The molecule has 0 amide bonds. The number of aliphatic carboxylic acids is 1. The molecule has 0 aliphatic carbocycles. The lowest BCUT2D eigenvalue weighted by Crippen LogP contribution is -2.58. The Morgan fingerprint density at radius 1 is 1.47 bits per heavy atom. The van der Waals surface area contributed by atoms with Crippen LogP contribution in [0.5, 0.6) is 0 Å². The van der Waals surface area contributed by atoms with Crippen molar-refractivity contribution in [2.75, 3.05) is 33.2 Å². The van der Waals surface area contributed by atoms with E-state index in [0.717, 1.165) is 26.2 Å². The Bertz CT molecular complexity index is 289. The zero-order chi connectivity index (χ0) is 13.3. The lowest BCUT2D eigenvalue weighted by Gasteiger charge is -2.45. The maximum Gasteiger partial charge on any atom is 0.323 e. The summed E-state index contributed by atoms with van der Waals surface area (Å²) in [5.74, 6) is -0.925. The molecule has 0 radical (unpaired) electrons. The van der Waals surface area contributed by atoms with Crippen molar-refractivity contribution in [2.45, 2.75) is 38.3 Å². The monoisotopic (exact) mass is 243 g/mol. The van der Waals surface area contributed by atoms with E-state index in [0.29, 0.717) is 6.42 Å². The molecule has 5 nitrogen and oxygen atoms in total. The van der Waals surface area contributed by atoms with Crippen LogP contribution >= 0.6 is 0 Å². The molecule has 1 aliphatic rings. The molecule has 3 N–H and O–H groups in total. The van der Waals surface area contributed by atoms with Crippen LogP contribution in [-0.4, -0.2) is 65.2 Å². The van der Waals surface area contributed by atoms with Gasteiger partial charge in [-0.3, -0.25) is 9.69 Å². The van der Waals surface area contributed by atoms with Crippen molar-refractivity contribution in [2.24, 2.45) is 5.73 Å². The molecule has 1 aliphatic heterocycles. The van der Waals surface area contributed by atoms with Crippen LogP contribution in [0.2, 0.25) is 0 Å². The minimum absolute atomic E-state index is 0.145. The standard InChI is InChI=1S/C12H25N3O2/c1-11(2)9-15(8-7-14(11)4)6-5-12(3,13)10(16)17/h5-9,13H2,1-4H3,(H,16,17). The van der Waals surface area contributed by atoms with Gasteiger partial charge < -0.3 is 15.7 Å². The van der Waals surface area contributed by atoms with Crippen LogP contribution in [0, 0.1) is 0 Å². The Morgan fingerprint density at radius 2 is 2.06 bits per heavy atom. The van der Waals surface area contributed by atoms with E-state index in [1.807, 2.05) is 0 Å². The third kappa shape index (κ3) is 3.66. The first-order valence-corrected chi connectivity index (χ1v) is 6.11. The van der Waals surface area contributed by atoms with E-state index in [4.69, 9.17) is 10.8 Å². The number of carboxylic acids is 1. The fourth-order valence-corrected chi connectivity index (χ4v) is 2.03. The van der Waals surface area contributed by atoms with Crippen LogP contribution in [0.3, 0.4) is 0 Å². The number of carboxylic acid groups (broad SMARTS) is 1. The molecule has 1 fully saturated rings. The number of hydrogen-bond donors (Lipinski definition) is 2. The number of hydrogen-bond acceptors (Lipinski definition) is 4. The van der Waals surface area contributed by atoms with Crippen molar-refractivity contribution in [3.63, 3.8) is 0 Å². The van der Waals surface area contributed by atoms with E-state index in [-0.39, 0.29) is 5.54 Å². The first kappa shape index (κ1) is 14.4. The molecule has 0 aromatic rings. The molecule has 100 valence electrons. The average molecular weight is 243 g/mol. The summed E-state index contributed by atoms with van der Waals surface area (Å²) in [6.07, 6.45) is 0.488. The van der Waals surface area contributed by atoms with Gasteiger partial charge in [-0.1, -0.05) is 0 Å². The summed E-state index contributed by atoms with van der Waals surface area (Å²) in [6, 6.07) is 0. The zero-order valence-electron chi connectivity index (χ0n) is 11.4. The fraction of sp³-hybridized carbons (Fsp3) is 0.917. The van der Waals surface area contributed by atoms with Gasteiger partial charge in [0.25, 0.3) is 0 Å². The second kappa shape index (κ2) is 4.92. The molecular formula is C12H25N3O2. The van der Waals surface area contributed by atoms with Gasteiger partial charge in [-0.15, -0.1) is 0 Å². The van der Waals surface area contributed by atoms with Gasteiger partial charge in [-0.05, 0) is 34.2 Å². The summed E-state index contributed by atoms with van der Waals surface area (Å²) < 4.78 is 0. The van der Waals surface area contributed by atoms with E-state index in [1.165, 1.54) is 0 Å². The molecule has 0 aromatic heterocycles. The molecule has 0 spiro atoms.